The molecule has 0 radical (unpaired) electrons. The van der Waals surface area contributed by atoms with Crippen molar-refractivity contribution in [2.24, 2.45) is 0 Å². The fourth-order valence-electron chi connectivity index (χ4n) is 0.796. The molecule has 64 valence electrons. The van der Waals surface area contributed by atoms with Crippen molar-refractivity contribution in [2.75, 3.05) is 5.33 Å². The van der Waals surface area contributed by atoms with Gasteiger partial charge >= 0.3 is 0 Å². The molecule has 1 rings (SSSR count). The molecule has 12 heavy (non-hydrogen) atoms. The van der Waals surface area contributed by atoms with Crippen LogP contribution in [0.25, 0.3) is 6.08 Å². The van der Waals surface area contributed by atoms with Crippen molar-refractivity contribution >= 4 is 37.9 Å². The van der Waals surface area contributed by atoms with Gasteiger partial charge in [0.1, 0.15) is 4.60 Å². The van der Waals surface area contributed by atoms with E-state index in [1.165, 1.54) is 0 Å². The summed E-state index contributed by atoms with van der Waals surface area (Å²) in [6.07, 6.45) is 7.00. The van der Waals surface area contributed by atoms with Crippen LogP contribution < -0.4 is 0 Å². The van der Waals surface area contributed by atoms with E-state index in [0.717, 1.165) is 21.9 Å². The fraction of sp³-hybridized carbons (Fsp3) is 0.222. The lowest BCUT2D eigenvalue weighted by Crippen LogP contribution is -1.78. The lowest BCUT2D eigenvalue weighted by atomic mass is 10.2. The van der Waals surface area contributed by atoms with Crippen molar-refractivity contribution in [3.05, 3.63) is 34.6 Å². The second-order valence-electron chi connectivity index (χ2n) is 2.26. The van der Waals surface area contributed by atoms with E-state index in [2.05, 4.69) is 49.0 Å². The van der Waals surface area contributed by atoms with Crippen LogP contribution in [0.1, 0.15) is 12.0 Å². The summed E-state index contributed by atoms with van der Waals surface area (Å²) in [5.41, 5.74) is 1.12. The number of allylic oxidation sites excluding steroid dienone is 1. The average Bonchev–Trinajstić information content (AvgIpc) is 2.09. The van der Waals surface area contributed by atoms with E-state index < -0.39 is 0 Å². The lowest BCUT2D eigenvalue weighted by Gasteiger charge is -1.94. The SMILES string of the molecule is BrCCC=Cc1cccnc1Br. The third-order valence-corrected chi connectivity index (χ3v) is 2.48. The predicted molar refractivity (Wildman–Crippen MR) is 59.4 cm³/mol. The van der Waals surface area contributed by atoms with Crippen molar-refractivity contribution in [1.82, 2.24) is 4.98 Å². The summed E-state index contributed by atoms with van der Waals surface area (Å²) in [5, 5.41) is 1.00. The topological polar surface area (TPSA) is 12.9 Å². The molecule has 0 aromatic carbocycles. The molecule has 0 bridgehead atoms. The van der Waals surface area contributed by atoms with Gasteiger partial charge in [0, 0.05) is 17.1 Å². The summed E-state index contributed by atoms with van der Waals surface area (Å²) in [6, 6.07) is 3.96. The molecule has 0 saturated carbocycles. The highest BCUT2D eigenvalue weighted by Gasteiger charge is 1.92. The molecule has 1 nitrogen and oxygen atoms in total. The van der Waals surface area contributed by atoms with Crippen molar-refractivity contribution in [1.29, 1.82) is 0 Å². The molecule has 0 aliphatic rings. The molecule has 0 aliphatic heterocycles. The van der Waals surface area contributed by atoms with Gasteiger partial charge in [-0.2, -0.15) is 0 Å². The number of rotatable bonds is 3. The van der Waals surface area contributed by atoms with Gasteiger partial charge in [-0.3, -0.25) is 0 Å². The van der Waals surface area contributed by atoms with Crippen molar-refractivity contribution in [3.63, 3.8) is 0 Å². The zero-order chi connectivity index (χ0) is 8.81. The van der Waals surface area contributed by atoms with Crippen LogP contribution >= 0.6 is 31.9 Å². The Labute approximate surface area is 89.2 Å². The molecule has 0 aliphatic carbocycles. The summed E-state index contributed by atoms with van der Waals surface area (Å²) in [5.74, 6) is 0. The quantitative estimate of drug-likeness (QED) is 0.612. The summed E-state index contributed by atoms with van der Waals surface area (Å²) in [4.78, 5) is 4.11. The lowest BCUT2D eigenvalue weighted by molar-refractivity contribution is 1.25. The first-order valence-electron chi connectivity index (χ1n) is 3.67. The maximum absolute atomic E-state index is 4.11. The Morgan fingerprint density at radius 1 is 1.50 bits per heavy atom. The minimum Gasteiger partial charge on any atom is -0.249 e. The third-order valence-electron chi connectivity index (χ3n) is 1.36. The molecule has 0 amide bonds. The average molecular weight is 291 g/mol. The van der Waals surface area contributed by atoms with Crippen LogP contribution in [0.2, 0.25) is 0 Å². The summed E-state index contributed by atoms with van der Waals surface area (Å²) in [6.45, 7) is 0. The Morgan fingerprint density at radius 2 is 2.33 bits per heavy atom. The van der Waals surface area contributed by atoms with Crippen molar-refractivity contribution < 1.29 is 0 Å². The predicted octanol–water partition coefficient (Wildman–Crippen LogP) is 3.64. The molecule has 1 aromatic heterocycles. The van der Waals surface area contributed by atoms with Crippen LogP contribution in [0, 0.1) is 0 Å². The molecule has 0 unspecified atom stereocenters. The first kappa shape index (κ1) is 9.93. The van der Waals surface area contributed by atoms with Crippen LogP contribution in [0.3, 0.4) is 0 Å². The minimum absolute atomic E-state index is 0.899. The maximum atomic E-state index is 4.11. The highest BCUT2D eigenvalue weighted by molar-refractivity contribution is 9.10. The van der Waals surface area contributed by atoms with Gasteiger partial charge < -0.3 is 0 Å². The number of hydrogen-bond donors (Lipinski definition) is 0. The maximum Gasteiger partial charge on any atom is 0.113 e. The molecule has 0 saturated heterocycles. The van der Waals surface area contributed by atoms with Crippen LogP contribution in [-0.2, 0) is 0 Å². The zero-order valence-corrected chi connectivity index (χ0v) is 9.68. The minimum atomic E-state index is 0.899. The molecule has 0 N–H and O–H groups in total. The Kier molecular flexibility index (Phi) is 4.54. The third kappa shape index (κ3) is 3.07. The summed E-state index contributed by atoms with van der Waals surface area (Å²) in [7, 11) is 0. The van der Waals surface area contributed by atoms with Gasteiger partial charge in [-0.1, -0.05) is 34.1 Å². The van der Waals surface area contributed by atoms with E-state index in [1.807, 2.05) is 12.1 Å². The highest BCUT2D eigenvalue weighted by Crippen LogP contribution is 2.14. The van der Waals surface area contributed by atoms with Crippen LogP contribution in [0.15, 0.2) is 29.0 Å². The molecule has 0 fully saturated rings. The number of hydrogen-bond acceptors (Lipinski definition) is 1. The van der Waals surface area contributed by atoms with Gasteiger partial charge in [0.25, 0.3) is 0 Å². The molecular formula is C9H9Br2N. The number of halogens is 2. The molecule has 1 heterocycles. The Morgan fingerprint density at radius 3 is 3.00 bits per heavy atom. The standard InChI is InChI=1S/C9H9Br2N/c10-6-2-1-4-8-5-3-7-12-9(8)11/h1,3-5,7H,2,6H2. The van der Waals surface area contributed by atoms with E-state index in [0.29, 0.717) is 0 Å². The van der Waals surface area contributed by atoms with Crippen molar-refractivity contribution in [2.45, 2.75) is 6.42 Å². The van der Waals surface area contributed by atoms with Gasteiger partial charge in [-0.15, -0.1) is 0 Å². The Balaban J connectivity index is 2.68. The number of alkyl halides is 1. The van der Waals surface area contributed by atoms with E-state index in [-0.39, 0.29) is 0 Å². The smallest absolute Gasteiger partial charge is 0.113 e. The van der Waals surface area contributed by atoms with Crippen molar-refractivity contribution in [3.8, 4) is 0 Å². The van der Waals surface area contributed by atoms with Crippen LogP contribution in [-0.4, -0.2) is 10.3 Å². The molecule has 3 heteroatoms. The largest absolute Gasteiger partial charge is 0.249 e. The number of aromatic nitrogens is 1. The molecule has 0 spiro atoms. The van der Waals surface area contributed by atoms with Gasteiger partial charge in [-0.05, 0) is 28.4 Å². The normalized spacial score (nSPS) is 10.8. The monoisotopic (exact) mass is 289 g/mol. The number of nitrogens with zero attached hydrogens (tertiary/aromatic N) is 1. The van der Waals surface area contributed by atoms with E-state index in [4.69, 9.17) is 0 Å². The van der Waals surface area contributed by atoms with Crippen LogP contribution in [0.4, 0.5) is 0 Å². The second-order valence-corrected chi connectivity index (χ2v) is 3.81. The van der Waals surface area contributed by atoms with E-state index >= 15 is 0 Å². The Bertz CT molecular complexity index is 271. The highest BCUT2D eigenvalue weighted by atomic mass is 79.9. The zero-order valence-electron chi connectivity index (χ0n) is 6.50. The van der Waals surface area contributed by atoms with Gasteiger partial charge in [0.15, 0.2) is 0 Å². The van der Waals surface area contributed by atoms with Gasteiger partial charge in [0.05, 0.1) is 0 Å². The Hall–Kier alpha value is -0.150. The van der Waals surface area contributed by atoms with E-state index in [1.54, 1.807) is 6.20 Å². The number of pyridine rings is 1. The first-order valence-corrected chi connectivity index (χ1v) is 5.59. The second kappa shape index (κ2) is 5.49. The van der Waals surface area contributed by atoms with Crippen LogP contribution in [0.5, 0.6) is 0 Å². The summed E-state index contributed by atoms with van der Waals surface area (Å²) >= 11 is 6.74. The molecule has 1 aromatic rings. The molecular weight excluding hydrogens is 282 g/mol. The summed E-state index contributed by atoms with van der Waals surface area (Å²) < 4.78 is 0.899. The fourth-order valence-corrected chi connectivity index (χ4v) is 1.44. The first-order chi connectivity index (χ1) is 5.84. The van der Waals surface area contributed by atoms with Gasteiger partial charge in [0.2, 0.25) is 0 Å². The van der Waals surface area contributed by atoms with Gasteiger partial charge in [-0.25, -0.2) is 4.98 Å². The molecule has 0 atom stereocenters. The van der Waals surface area contributed by atoms with E-state index in [9.17, 15) is 0 Å².